The van der Waals surface area contributed by atoms with E-state index in [2.05, 4.69) is 10.5 Å². The van der Waals surface area contributed by atoms with Crippen molar-refractivity contribution in [2.24, 2.45) is 5.10 Å². The molecule has 0 aliphatic carbocycles. The van der Waals surface area contributed by atoms with Gasteiger partial charge in [-0.25, -0.2) is 5.43 Å². The van der Waals surface area contributed by atoms with Crippen LogP contribution in [0.5, 0.6) is 0 Å². The highest BCUT2D eigenvalue weighted by Crippen LogP contribution is 2.29. The minimum absolute atomic E-state index is 0.121. The maximum Gasteiger partial charge on any atom is 0.260 e. The van der Waals surface area contributed by atoms with Crippen molar-refractivity contribution in [3.05, 3.63) is 80.9 Å². The van der Waals surface area contributed by atoms with Gasteiger partial charge < -0.3 is 8.98 Å². The van der Waals surface area contributed by atoms with Crippen molar-refractivity contribution in [1.82, 2.24) is 9.99 Å². The molecule has 1 amide bonds. The number of amides is 1. The van der Waals surface area contributed by atoms with Crippen molar-refractivity contribution in [3.63, 3.8) is 0 Å². The van der Waals surface area contributed by atoms with Crippen LogP contribution in [0.4, 0.5) is 0 Å². The van der Waals surface area contributed by atoms with Crippen LogP contribution < -0.4 is 11.0 Å². The van der Waals surface area contributed by atoms with Gasteiger partial charge in [0.05, 0.1) is 16.3 Å². The molecule has 0 radical (unpaired) electrons. The first-order valence-corrected chi connectivity index (χ1v) is 8.31. The van der Waals surface area contributed by atoms with Crippen LogP contribution in [0.2, 0.25) is 10.0 Å². The van der Waals surface area contributed by atoms with Crippen molar-refractivity contribution in [2.45, 2.75) is 6.54 Å². The molecular weight excluding hydrogens is 377 g/mol. The largest absolute Gasteiger partial charge is 0.455 e. The number of halogens is 2. The SMILES string of the molecule is O=C(Cn1ccccc1=O)N/N=C\c1ccc(-c2ccc(Cl)c(Cl)c2)o1. The van der Waals surface area contributed by atoms with Crippen LogP contribution in [0, 0.1) is 0 Å². The summed E-state index contributed by atoms with van der Waals surface area (Å²) < 4.78 is 6.90. The fourth-order valence-corrected chi connectivity index (χ4v) is 2.47. The first kappa shape index (κ1) is 18.0. The van der Waals surface area contributed by atoms with E-state index in [-0.39, 0.29) is 12.1 Å². The lowest BCUT2D eigenvalue weighted by atomic mass is 10.2. The van der Waals surface area contributed by atoms with Crippen molar-refractivity contribution >= 4 is 35.3 Å². The van der Waals surface area contributed by atoms with E-state index in [4.69, 9.17) is 27.6 Å². The topological polar surface area (TPSA) is 76.6 Å². The number of hydrazone groups is 1. The van der Waals surface area contributed by atoms with Gasteiger partial charge in [-0.1, -0.05) is 29.3 Å². The van der Waals surface area contributed by atoms with Crippen molar-refractivity contribution < 1.29 is 9.21 Å². The smallest absolute Gasteiger partial charge is 0.260 e. The average Bonchev–Trinajstić information content (AvgIpc) is 3.08. The summed E-state index contributed by atoms with van der Waals surface area (Å²) in [5.74, 6) is 0.612. The van der Waals surface area contributed by atoms with Crippen molar-refractivity contribution in [1.29, 1.82) is 0 Å². The molecule has 3 rings (SSSR count). The summed E-state index contributed by atoms with van der Waals surface area (Å²) in [4.78, 5) is 23.4. The zero-order valence-electron chi connectivity index (χ0n) is 13.4. The number of nitrogens with one attached hydrogen (secondary N) is 1. The lowest BCUT2D eigenvalue weighted by Crippen LogP contribution is -2.28. The molecule has 1 N–H and O–H groups in total. The number of nitrogens with zero attached hydrogens (tertiary/aromatic N) is 2. The van der Waals surface area contributed by atoms with Crippen LogP contribution in [-0.4, -0.2) is 16.7 Å². The van der Waals surface area contributed by atoms with Crippen LogP contribution in [0.3, 0.4) is 0 Å². The molecule has 6 nitrogen and oxygen atoms in total. The number of rotatable bonds is 5. The van der Waals surface area contributed by atoms with E-state index in [0.717, 1.165) is 5.56 Å². The molecule has 2 aromatic heterocycles. The Bertz CT molecular complexity index is 1020. The Labute approximate surface area is 158 Å². The number of aromatic nitrogens is 1. The monoisotopic (exact) mass is 389 g/mol. The third kappa shape index (κ3) is 4.41. The molecule has 0 aliphatic rings. The zero-order chi connectivity index (χ0) is 18.5. The number of furan rings is 1. The minimum Gasteiger partial charge on any atom is -0.455 e. The first-order chi connectivity index (χ1) is 12.5. The molecule has 8 heteroatoms. The van der Waals surface area contributed by atoms with E-state index in [0.29, 0.717) is 21.6 Å². The second-order valence-electron chi connectivity index (χ2n) is 5.29. The molecular formula is C18H13Cl2N3O3. The molecule has 3 aromatic rings. The summed E-state index contributed by atoms with van der Waals surface area (Å²) in [7, 11) is 0. The van der Waals surface area contributed by atoms with E-state index in [1.165, 1.54) is 23.0 Å². The Balaban J connectivity index is 1.62. The molecule has 0 spiro atoms. The van der Waals surface area contributed by atoms with Gasteiger partial charge in [-0.2, -0.15) is 5.10 Å². The number of pyridine rings is 1. The summed E-state index contributed by atoms with van der Waals surface area (Å²) >= 11 is 11.9. The third-order valence-electron chi connectivity index (χ3n) is 3.42. The van der Waals surface area contributed by atoms with E-state index in [9.17, 15) is 9.59 Å². The van der Waals surface area contributed by atoms with Gasteiger partial charge in [-0.15, -0.1) is 0 Å². The number of benzene rings is 1. The predicted octanol–water partition coefficient (Wildman–Crippen LogP) is 3.57. The van der Waals surface area contributed by atoms with Crippen LogP contribution in [0.25, 0.3) is 11.3 Å². The second kappa shape index (κ2) is 8.03. The van der Waals surface area contributed by atoms with Crippen LogP contribution >= 0.6 is 23.2 Å². The molecule has 0 atom stereocenters. The fraction of sp³-hybridized carbons (Fsp3) is 0.0556. The van der Waals surface area contributed by atoms with Gasteiger partial charge in [0, 0.05) is 17.8 Å². The third-order valence-corrected chi connectivity index (χ3v) is 4.16. The maximum absolute atomic E-state index is 11.8. The van der Waals surface area contributed by atoms with Gasteiger partial charge in [0.25, 0.3) is 11.5 Å². The Morgan fingerprint density at radius 1 is 1.15 bits per heavy atom. The number of carbonyl (C=O) groups excluding carboxylic acids is 1. The molecule has 1 aromatic carbocycles. The van der Waals surface area contributed by atoms with Gasteiger partial charge in [0.2, 0.25) is 0 Å². The van der Waals surface area contributed by atoms with Crippen molar-refractivity contribution in [2.75, 3.05) is 0 Å². The Hall–Kier alpha value is -2.83. The summed E-state index contributed by atoms with van der Waals surface area (Å²) in [5.41, 5.74) is 2.85. The Morgan fingerprint density at radius 3 is 2.77 bits per heavy atom. The van der Waals surface area contributed by atoms with Gasteiger partial charge in [-0.3, -0.25) is 9.59 Å². The average molecular weight is 390 g/mol. The second-order valence-corrected chi connectivity index (χ2v) is 6.11. The Morgan fingerprint density at radius 2 is 2.00 bits per heavy atom. The summed E-state index contributed by atoms with van der Waals surface area (Å²) in [5, 5.41) is 4.72. The first-order valence-electron chi connectivity index (χ1n) is 7.55. The highest BCUT2D eigenvalue weighted by atomic mass is 35.5. The lowest BCUT2D eigenvalue weighted by Gasteiger charge is -2.02. The van der Waals surface area contributed by atoms with Gasteiger partial charge in [-0.05, 0) is 36.4 Å². The number of carbonyl (C=O) groups is 1. The molecule has 0 saturated carbocycles. The van der Waals surface area contributed by atoms with Crippen LogP contribution in [0.1, 0.15) is 5.76 Å². The van der Waals surface area contributed by atoms with Gasteiger partial charge in [0.15, 0.2) is 0 Å². The van der Waals surface area contributed by atoms with Gasteiger partial charge >= 0.3 is 0 Å². The van der Waals surface area contributed by atoms with E-state index >= 15 is 0 Å². The highest BCUT2D eigenvalue weighted by molar-refractivity contribution is 6.42. The van der Waals surface area contributed by atoms with Gasteiger partial charge in [0.1, 0.15) is 18.1 Å². The zero-order valence-corrected chi connectivity index (χ0v) is 14.9. The van der Waals surface area contributed by atoms with Crippen LogP contribution in [0.15, 0.2) is 69.0 Å². The van der Waals surface area contributed by atoms with Crippen molar-refractivity contribution in [3.8, 4) is 11.3 Å². The minimum atomic E-state index is -0.425. The Kier molecular flexibility index (Phi) is 5.55. The molecule has 0 aliphatic heterocycles. The summed E-state index contributed by atoms with van der Waals surface area (Å²) in [6.07, 6.45) is 2.90. The lowest BCUT2D eigenvalue weighted by molar-refractivity contribution is -0.121. The van der Waals surface area contributed by atoms with E-state index in [1.54, 1.807) is 42.5 Å². The number of hydrogen-bond donors (Lipinski definition) is 1. The summed E-state index contributed by atoms with van der Waals surface area (Å²) in [6.45, 7) is -0.121. The highest BCUT2D eigenvalue weighted by Gasteiger charge is 2.07. The molecule has 2 heterocycles. The van der Waals surface area contributed by atoms with E-state index in [1.807, 2.05) is 0 Å². The standard InChI is InChI=1S/C18H13Cl2N3O3/c19-14-6-4-12(9-15(14)20)16-7-5-13(26-16)10-21-22-17(24)11-23-8-2-1-3-18(23)25/h1-10H,11H2,(H,22,24)/b21-10-. The molecule has 132 valence electrons. The molecule has 0 unspecified atom stereocenters. The van der Waals surface area contributed by atoms with Crippen LogP contribution in [-0.2, 0) is 11.3 Å². The number of hydrogen-bond acceptors (Lipinski definition) is 4. The summed E-state index contributed by atoms with van der Waals surface area (Å²) in [6, 6.07) is 13.3. The molecule has 26 heavy (non-hydrogen) atoms. The molecule has 0 fully saturated rings. The van der Waals surface area contributed by atoms with E-state index < -0.39 is 5.91 Å². The quantitative estimate of drug-likeness (QED) is 0.535. The maximum atomic E-state index is 11.8. The fourth-order valence-electron chi connectivity index (χ4n) is 2.18. The molecule has 0 bridgehead atoms. The molecule has 0 saturated heterocycles. The normalized spacial score (nSPS) is 11.0. The predicted molar refractivity (Wildman–Crippen MR) is 101 cm³/mol.